The number of rotatable bonds is 6. The summed E-state index contributed by atoms with van der Waals surface area (Å²) < 4.78 is 37.7. The Hall–Kier alpha value is -1.00. The molecule has 104 valence electrons. The fourth-order valence-electron chi connectivity index (χ4n) is 2.28. The number of nitrogens with zero attached hydrogens (tertiary/aromatic N) is 1. The summed E-state index contributed by atoms with van der Waals surface area (Å²) >= 11 is 0. The van der Waals surface area contributed by atoms with E-state index in [9.17, 15) is 13.2 Å². The Morgan fingerprint density at radius 2 is 1.83 bits per heavy atom. The van der Waals surface area contributed by atoms with Crippen molar-refractivity contribution in [3.63, 3.8) is 0 Å². The van der Waals surface area contributed by atoms with Gasteiger partial charge in [0.2, 0.25) is 0 Å². The van der Waals surface area contributed by atoms with E-state index in [4.69, 9.17) is 0 Å². The van der Waals surface area contributed by atoms with Crippen LogP contribution in [0.3, 0.4) is 0 Å². The fourth-order valence-corrected chi connectivity index (χ4v) is 2.28. The summed E-state index contributed by atoms with van der Waals surface area (Å²) in [6.07, 6.45) is 0.368. The largest absolute Gasteiger partial charge is 0.432 e. The molecule has 1 rings (SSSR count). The number of hydrogen-bond acceptors (Lipinski definition) is 1. The van der Waals surface area contributed by atoms with Crippen molar-refractivity contribution in [1.29, 1.82) is 0 Å². The molecule has 0 spiro atoms. The third-order valence-electron chi connectivity index (χ3n) is 3.39. The van der Waals surface area contributed by atoms with E-state index in [1.165, 1.54) is 0 Å². The molecule has 18 heavy (non-hydrogen) atoms. The summed E-state index contributed by atoms with van der Waals surface area (Å²) in [6.45, 7) is 6.13. The molecular formula is C13H21F3N2. The molecule has 0 bridgehead atoms. The van der Waals surface area contributed by atoms with E-state index in [1.807, 2.05) is 13.8 Å². The first-order valence-corrected chi connectivity index (χ1v) is 6.46. The number of aromatic amines is 1. The van der Waals surface area contributed by atoms with Gasteiger partial charge in [0.15, 0.2) is 0 Å². The maximum atomic E-state index is 12.6. The highest BCUT2D eigenvalue weighted by Gasteiger charge is 2.36. The first-order valence-electron chi connectivity index (χ1n) is 6.46. The van der Waals surface area contributed by atoms with Crippen LogP contribution in [0.25, 0.3) is 0 Å². The van der Waals surface area contributed by atoms with E-state index in [2.05, 4.69) is 17.1 Å². The SMILES string of the molecule is CCCCC(C)(CCC)c1cc(C(F)(F)F)[nH]n1. The highest BCUT2D eigenvalue weighted by Crippen LogP contribution is 2.36. The minimum Gasteiger partial charge on any atom is -0.273 e. The lowest BCUT2D eigenvalue weighted by Gasteiger charge is -2.27. The molecule has 1 heterocycles. The molecule has 1 N–H and O–H groups in total. The van der Waals surface area contributed by atoms with Gasteiger partial charge in [0.25, 0.3) is 0 Å². The fraction of sp³-hybridized carbons (Fsp3) is 0.769. The van der Waals surface area contributed by atoms with Gasteiger partial charge in [0, 0.05) is 5.41 Å². The molecule has 2 nitrogen and oxygen atoms in total. The van der Waals surface area contributed by atoms with Crippen molar-refractivity contribution >= 4 is 0 Å². The monoisotopic (exact) mass is 262 g/mol. The van der Waals surface area contributed by atoms with Crippen molar-refractivity contribution in [3.8, 4) is 0 Å². The lowest BCUT2D eigenvalue weighted by atomic mass is 9.78. The van der Waals surface area contributed by atoms with Crippen LogP contribution in [0.1, 0.15) is 64.3 Å². The van der Waals surface area contributed by atoms with Gasteiger partial charge >= 0.3 is 6.18 Å². The molecule has 0 aromatic carbocycles. The van der Waals surface area contributed by atoms with Crippen molar-refractivity contribution in [1.82, 2.24) is 10.2 Å². The van der Waals surface area contributed by atoms with Gasteiger partial charge < -0.3 is 0 Å². The predicted molar refractivity (Wildman–Crippen MR) is 65.4 cm³/mol. The lowest BCUT2D eigenvalue weighted by molar-refractivity contribution is -0.141. The minimum atomic E-state index is -4.34. The summed E-state index contributed by atoms with van der Waals surface area (Å²) in [5.74, 6) is 0. The molecule has 0 saturated heterocycles. The highest BCUT2D eigenvalue weighted by molar-refractivity contribution is 5.20. The molecule has 0 aliphatic rings. The van der Waals surface area contributed by atoms with Crippen molar-refractivity contribution in [2.45, 2.75) is 64.5 Å². The normalized spacial score (nSPS) is 15.7. The van der Waals surface area contributed by atoms with Crippen LogP contribution in [0.15, 0.2) is 6.07 Å². The summed E-state index contributed by atoms with van der Waals surface area (Å²) in [7, 11) is 0. The minimum absolute atomic E-state index is 0.259. The molecule has 1 aromatic heterocycles. The van der Waals surface area contributed by atoms with E-state index in [-0.39, 0.29) is 5.41 Å². The van der Waals surface area contributed by atoms with Crippen LogP contribution < -0.4 is 0 Å². The lowest BCUT2D eigenvalue weighted by Crippen LogP contribution is -2.22. The smallest absolute Gasteiger partial charge is 0.273 e. The number of unbranched alkanes of at least 4 members (excludes halogenated alkanes) is 1. The zero-order chi connectivity index (χ0) is 13.8. The van der Waals surface area contributed by atoms with Gasteiger partial charge in [-0.05, 0) is 18.9 Å². The number of alkyl halides is 3. The quantitative estimate of drug-likeness (QED) is 0.792. The summed E-state index contributed by atoms with van der Waals surface area (Å²) in [4.78, 5) is 0. The van der Waals surface area contributed by atoms with Crippen LogP contribution in [0, 0.1) is 0 Å². The van der Waals surface area contributed by atoms with E-state index < -0.39 is 11.9 Å². The topological polar surface area (TPSA) is 28.7 Å². The first-order chi connectivity index (χ1) is 8.33. The maximum absolute atomic E-state index is 12.6. The summed E-state index contributed by atoms with van der Waals surface area (Å²) in [5.41, 5.74) is -0.480. The Balaban J connectivity index is 2.95. The zero-order valence-corrected chi connectivity index (χ0v) is 11.2. The van der Waals surface area contributed by atoms with Gasteiger partial charge in [-0.15, -0.1) is 0 Å². The molecule has 0 aliphatic heterocycles. The van der Waals surface area contributed by atoms with Crippen molar-refractivity contribution in [3.05, 3.63) is 17.5 Å². The second-order valence-corrected chi connectivity index (χ2v) is 5.08. The second kappa shape index (κ2) is 5.76. The molecule has 5 heteroatoms. The Bertz CT molecular complexity index is 371. The molecular weight excluding hydrogens is 241 g/mol. The van der Waals surface area contributed by atoms with Crippen LogP contribution >= 0.6 is 0 Å². The van der Waals surface area contributed by atoms with Crippen LogP contribution in [0.2, 0.25) is 0 Å². The molecule has 0 amide bonds. The average molecular weight is 262 g/mol. The van der Waals surface area contributed by atoms with Gasteiger partial charge in [-0.1, -0.05) is 40.0 Å². The number of halogens is 3. The van der Waals surface area contributed by atoms with E-state index in [1.54, 1.807) is 0 Å². The molecule has 1 atom stereocenters. The van der Waals surface area contributed by atoms with Crippen molar-refractivity contribution in [2.75, 3.05) is 0 Å². The standard InChI is InChI=1S/C13H21F3N2/c1-4-6-8-12(3,7-5-2)10-9-11(18-17-10)13(14,15)16/h9H,4-8H2,1-3H3,(H,17,18). The molecule has 1 unspecified atom stereocenters. The highest BCUT2D eigenvalue weighted by atomic mass is 19.4. The average Bonchev–Trinajstić information content (AvgIpc) is 2.76. The van der Waals surface area contributed by atoms with Crippen LogP contribution in [-0.2, 0) is 11.6 Å². The Morgan fingerprint density at radius 1 is 1.17 bits per heavy atom. The Morgan fingerprint density at radius 3 is 2.28 bits per heavy atom. The van der Waals surface area contributed by atoms with E-state index in [0.717, 1.165) is 38.2 Å². The molecule has 0 aliphatic carbocycles. The summed E-state index contributed by atoms with van der Waals surface area (Å²) in [6, 6.07) is 1.16. The van der Waals surface area contributed by atoms with Gasteiger partial charge in [-0.3, -0.25) is 5.10 Å². The third kappa shape index (κ3) is 3.50. The number of nitrogens with one attached hydrogen (secondary N) is 1. The van der Waals surface area contributed by atoms with Crippen molar-refractivity contribution < 1.29 is 13.2 Å². The Labute approximate surface area is 106 Å². The molecule has 0 radical (unpaired) electrons. The zero-order valence-electron chi connectivity index (χ0n) is 11.2. The Kier molecular flexibility index (Phi) is 4.82. The van der Waals surface area contributed by atoms with Gasteiger partial charge in [-0.2, -0.15) is 18.3 Å². The van der Waals surface area contributed by atoms with Crippen LogP contribution in [0.5, 0.6) is 0 Å². The van der Waals surface area contributed by atoms with Gasteiger partial charge in [-0.25, -0.2) is 0 Å². The van der Waals surface area contributed by atoms with Gasteiger partial charge in [0.1, 0.15) is 5.69 Å². The molecule has 0 fully saturated rings. The number of aromatic nitrogens is 2. The predicted octanol–water partition coefficient (Wildman–Crippen LogP) is 4.68. The number of hydrogen-bond donors (Lipinski definition) is 1. The molecule has 1 aromatic rings. The third-order valence-corrected chi connectivity index (χ3v) is 3.39. The van der Waals surface area contributed by atoms with Crippen molar-refractivity contribution in [2.24, 2.45) is 0 Å². The first kappa shape index (κ1) is 15.1. The number of H-pyrrole nitrogens is 1. The second-order valence-electron chi connectivity index (χ2n) is 5.08. The van der Waals surface area contributed by atoms with Crippen LogP contribution in [0.4, 0.5) is 13.2 Å². The van der Waals surface area contributed by atoms with E-state index >= 15 is 0 Å². The summed E-state index contributed by atoms with van der Waals surface area (Å²) in [5, 5.41) is 5.99. The molecule has 0 saturated carbocycles. The maximum Gasteiger partial charge on any atom is 0.432 e. The van der Waals surface area contributed by atoms with Crippen LogP contribution in [-0.4, -0.2) is 10.2 Å². The van der Waals surface area contributed by atoms with E-state index in [0.29, 0.717) is 5.69 Å². The van der Waals surface area contributed by atoms with Gasteiger partial charge in [0.05, 0.1) is 5.69 Å².